The summed E-state index contributed by atoms with van der Waals surface area (Å²) < 4.78 is 0.921. The first-order valence-corrected chi connectivity index (χ1v) is 9.87. The Morgan fingerprint density at radius 1 is 1.35 bits per heavy atom. The number of aromatic nitrogens is 1. The fourth-order valence-electron chi connectivity index (χ4n) is 3.37. The van der Waals surface area contributed by atoms with Crippen LogP contribution in [-0.4, -0.2) is 22.7 Å². The molecular weight excluding hydrogens is 388 g/mol. The van der Waals surface area contributed by atoms with Crippen LogP contribution in [0.4, 0.5) is 0 Å². The lowest BCUT2D eigenvalue weighted by Crippen LogP contribution is -2.38. The van der Waals surface area contributed by atoms with E-state index in [1.165, 1.54) is 6.42 Å². The van der Waals surface area contributed by atoms with Gasteiger partial charge in [0.1, 0.15) is 0 Å². The van der Waals surface area contributed by atoms with Gasteiger partial charge in [-0.3, -0.25) is 0 Å². The van der Waals surface area contributed by atoms with Crippen LogP contribution in [-0.2, 0) is 0 Å². The van der Waals surface area contributed by atoms with E-state index in [1.54, 1.807) is 6.08 Å². The van der Waals surface area contributed by atoms with Crippen LogP contribution in [0.5, 0.6) is 0 Å². The van der Waals surface area contributed by atoms with Crippen molar-refractivity contribution in [1.82, 2.24) is 10.3 Å². The van der Waals surface area contributed by atoms with Gasteiger partial charge in [-0.25, -0.2) is 4.98 Å². The number of para-hydroxylation sites is 1. The van der Waals surface area contributed by atoms with Crippen molar-refractivity contribution in [1.29, 1.82) is 0 Å². The Morgan fingerprint density at radius 2 is 2.15 bits per heavy atom. The Morgan fingerprint density at radius 3 is 2.88 bits per heavy atom. The molecule has 26 heavy (non-hydrogen) atoms. The first kappa shape index (κ1) is 19.0. The number of aliphatic hydroxyl groups excluding tert-OH is 1. The number of pyridine rings is 1. The number of nitrogens with one attached hydrogen (secondary N) is 1. The third-order valence-electron chi connectivity index (χ3n) is 4.89. The van der Waals surface area contributed by atoms with Crippen LogP contribution in [0.2, 0.25) is 0 Å². The van der Waals surface area contributed by atoms with Crippen LogP contribution in [0, 0.1) is 0 Å². The number of halogens is 1. The predicted octanol–water partition coefficient (Wildman–Crippen LogP) is 5.28. The van der Waals surface area contributed by atoms with Gasteiger partial charge in [0.2, 0.25) is 0 Å². The summed E-state index contributed by atoms with van der Waals surface area (Å²) in [5.41, 5.74) is 3.78. The van der Waals surface area contributed by atoms with Crippen LogP contribution in [0.3, 0.4) is 0 Å². The highest BCUT2D eigenvalue weighted by atomic mass is 79.9. The minimum absolute atomic E-state index is 0.0986. The second-order valence-electron chi connectivity index (χ2n) is 6.72. The lowest BCUT2D eigenvalue weighted by atomic mass is 9.92. The molecule has 3 nitrogen and oxygen atoms in total. The van der Waals surface area contributed by atoms with Gasteiger partial charge in [-0.15, -0.1) is 0 Å². The van der Waals surface area contributed by atoms with Gasteiger partial charge in [-0.2, -0.15) is 0 Å². The highest BCUT2D eigenvalue weighted by molar-refractivity contribution is 9.11. The molecule has 2 aromatic rings. The average molecular weight is 413 g/mol. The third-order valence-corrected chi connectivity index (χ3v) is 5.48. The monoisotopic (exact) mass is 412 g/mol. The number of hydrogen-bond acceptors (Lipinski definition) is 3. The molecule has 1 aliphatic heterocycles. The van der Waals surface area contributed by atoms with E-state index in [-0.39, 0.29) is 6.04 Å². The predicted molar refractivity (Wildman–Crippen MR) is 113 cm³/mol. The molecule has 0 spiro atoms. The lowest BCUT2D eigenvalue weighted by molar-refractivity contribution is 0.115. The molecule has 1 fully saturated rings. The molecule has 3 rings (SSSR count). The summed E-state index contributed by atoms with van der Waals surface area (Å²) in [6.45, 7) is 6.74. The molecule has 1 aromatic heterocycles. The van der Waals surface area contributed by atoms with Crippen molar-refractivity contribution in [3.63, 3.8) is 0 Å². The van der Waals surface area contributed by atoms with Gasteiger partial charge in [0.25, 0.3) is 0 Å². The molecule has 0 bridgehead atoms. The third kappa shape index (κ3) is 4.32. The number of piperidine rings is 1. The second kappa shape index (κ2) is 8.76. The molecule has 0 radical (unpaired) electrons. The largest absolute Gasteiger partial charge is 0.387 e. The standard InChI is InChI=1S/C22H25BrN2O/c1-3-16(23)12-11-15(2)21-14-18(17-8-4-5-9-19(17)25-21)22(26)20-10-6-7-13-24-20/h3-5,8-9,11-12,14,20,22,24,26H,1,6-7,10,13H2,2H3/b15-11+,16-12+. The molecule has 1 aromatic carbocycles. The lowest BCUT2D eigenvalue weighted by Gasteiger charge is -2.29. The zero-order valence-electron chi connectivity index (χ0n) is 15.1. The highest BCUT2D eigenvalue weighted by Crippen LogP contribution is 2.31. The molecule has 1 aliphatic rings. The van der Waals surface area contributed by atoms with Crippen molar-refractivity contribution in [3.05, 3.63) is 70.9 Å². The van der Waals surface area contributed by atoms with Crippen molar-refractivity contribution in [3.8, 4) is 0 Å². The van der Waals surface area contributed by atoms with Crippen LogP contribution < -0.4 is 5.32 Å². The molecule has 2 N–H and O–H groups in total. The van der Waals surface area contributed by atoms with Crippen molar-refractivity contribution in [2.24, 2.45) is 0 Å². The molecule has 1 saturated heterocycles. The van der Waals surface area contributed by atoms with Gasteiger partial charge >= 0.3 is 0 Å². The minimum Gasteiger partial charge on any atom is -0.387 e. The highest BCUT2D eigenvalue weighted by Gasteiger charge is 2.24. The smallest absolute Gasteiger partial charge is 0.0950 e. The molecule has 136 valence electrons. The summed E-state index contributed by atoms with van der Waals surface area (Å²) in [6, 6.07) is 10.2. The molecular formula is C22H25BrN2O. The average Bonchev–Trinajstić information content (AvgIpc) is 2.70. The molecule has 0 saturated carbocycles. The summed E-state index contributed by atoms with van der Waals surface area (Å²) >= 11 is 3.44. The maximum Gasteiger partial charge on any atom is 0.0950 e. The summed E-state index contributed by atoms with van der Waals surface area (Å²) in [6.07, 6.45) is 8.51. The quantitative estimate of drug-likeness (QED) is 0.656. The van der Waals surface area contributed by atoms with Gasteiger partial charge in [0.15, 0.2) is 0 Å². The van der Waals surface area contributed by atoms with E-state index in [1.807, 2.05) is 49.4 Å². The molecule has 0 aliphatic carbocycles. The van der Waals surface area contributed by atoms with E-state index in [0.717, 1.165) is 51.6 Å². The first-order chi connectivity index (χ1) is 12.6. The van der Waals surface area contributed by atoms with E-state index in [9.17, 15) is 5.11 Å². The van der Waals surface area contributed by atoms with Crippen LogP contribution in [0.25, 0.3) is 16.5 Å². The van der Waals surface area contributed by atoms with Gasteiger partial charge < -0.3 is 10.4 Å². The number of fused-ring (bicyclic) bond motifs is 1. The molecule has 4 heteroatoms. The number of hydrogen-bond donors (Lipinski definition) is 2. The van der Waals surface area contributed by atoms with E-state index >= 15 is 0 Å². The summed E-state index contributed by atoms with van der Waals surface area (Å²) in [5, 5.41) is 15.6. The molecule has 0 amide bonds. The van der Waals surface area contributed by atoms with Crippen LogP contribution >= 0.6 is 15.9 Å². The fourth-order valence-corrected chi connectivity index (χ4v) is 3.50. The zero-order chi connectivity index (χ0) is 18.5. The number of nitrogens with zero attached hydrogens (tertiary/aromatic N) is 1. The summed E-state index contributed by atoms with van der Waals surface area (Å²) in [4.78, 5) is 4.80. The zero-order valence-corrected chi connectivity index (χ0v) is 16.7. The SMILES string of the molecule is C=C/C(Br)=C\C=C(/C)c1cc(C(O)C2CCCCN2)c2ccccc2n1. The Bertz CT molecular complexity index is 850. The maximum atomic E-state index is 11.1. The van der Waals surface area contributed by atoms with Gasteiger partial charge in [-0.1, -0.05) is 59.3 Å². The van der Waals surface area contributed by atoms with E-state index < -0.39 is 6.10 Å². The Labute approximate surface area is 163 Å². The van der Waals surface area contributed by atoms with E-state index in [2.05, 4.69) is 27.8 Å². The topological polar surface area (TPSA) is 45.1 Å². The molecule has 2 unspecified atom stereocenters. The van der Waals surface area contributed by atoms with Crippen molar-refractivity contribution < 1.29 is 5.11 Å². The minimum atomic E-state index is -0.537. The van der Waals surface area contributed by atoms with Crippen molar-refractivity contribution >= 4 is 32.4 Å². The number of aliphatic hydroxyl groups is 1. The fraction of sp³-hybridized carbons (Fsp3) is 0.318. The maximum absolute atomic E-state index is 11.1. The number of benzene rings is 1. The first-order valence-electron chi connectivity index (χ1n) is 9.08. The summed E-state index contributed by atoms with van der Waals surface area (Å²) in [7, 11) is 0. The number of allylic oxidation sites excluding steroid dienone is 5. The van der Waals surface area contributed by atoms with E-state index in [0.29, 0.717) is 0 Å². The van der Waals surface area contributed by atoms with Crippen molar-refractivity contribution in [2.45, 2.75) is 38.3 Å². The Hall–Kier alpha value is -1.75. The van der Waals surface area contributed by atoms with Gasteiger partial charge in [-0.05, 0) is 55.7 Å². The molecule has 2 atom stereocenters. The van der Waals surface area contributed by atoms with Gasteiger partial charge in [0, 0.05) is 15.9 Å². The van der Waals surface area contributed by atoms with Gasteiger partial charge in [0.05, 0.1) is 17.3 Å². The summed E-state index contributed by atoms with van der Waals surface area (Å²) in [5.74, 6) is 0. The number of rotatable bonds is 5. The normalized spacial score (nSPS) is 20.2. The van der Waals surface area contributed by atoms with Crippen molar-refractivity contribution in [2.75, 3.05) is 6.54 Å². The van der Waals surface area contributed by atoms with Crippen LogP contribution in [0.15, 0.2) is 59.6 Å². The van der Waals surface area contributed by atoms with Crippen LogP contribution in [0.1, 0.15) is 43.5 Å². The Balaban J connectivity index is 2.05. The Kier molecular flexibility index (Phi) is 6.41. The van der Waals surface area contributed by atoms with E-state index in [4.69, 9.17) is 4.98 Å². The second-order valence-corrected chi connectivity index (χ2v) is 7.64. The molecule has 2 heterocycles.